The largest absolute Gasteiger partial charge is 0.492 e. The molecular weight excluding hydrogens is 351 g/mol. The van der Waals surface area contributed by atoms with Crippen LogP contribution in [-0.2, 0) is 6.42 Å². The van der Waals surface area contributed by atoms with Crippen molar-refractivity contribution in [2.45, 2.75) is 57.4 Å². The Morgan fingerprint density at radius 3 is 1.38 bits per heavy atom. The number of halogens is 5. The monoisotopic (exact) mass is 372 g/mol. The molecule has 0 saturated carbocycles. The van der Waals surface area contributed by atoms with Crippen LogP contribution < -0.4 is 0 Å². The third kappa shape index (κ3) is 6.46. The SMILES string of the molecule is O[Si](O)(O)CCCCCCCCCc1c(F)c(F)c(F)c(F)c1F. The van der Waals surface area contributed by atoms with Gasteiger partial charge in [0.25, 0.3) is 0 Å². The van der Waals surface area contributed by atoms with Crippen LogP contribution >= 0.6 is 0 Å². The van der Waals surface area contributed by atoms with Gasteiger partial charge in [-0.1, -0.05) is 32.1 Å². The van der Waals surface area contributed by atoms with Crippen molar-refractivity contribution in [2.75, 3.05) is 0 Å². The molecule has 0 aliphatic carbocycles. The number of hydrogen-bond acceptors (Lipinski definition) is 3. The summed E-state index contributed by atoms with van der Waals surface area (Å²) in [5.74, 6) is -9.51. The molecule has 9 heteroatoms. The summed E-state index contributed by atoms with van der Waals surface area (Å²) in [4.78, 5) is 26.4. The highest BCUT2D eigenvalue weighted by Gasteiger charge is 2.26. The molecule has 3 N–H and O–H groups in total. The second kappa shape index (κ2) is 9.45. The van der Waals surface area contributed by atoms with Gasteiger partial charge >= 0.3 is 8.80 Å². The predicted molar refractivity (Wildman–Crippen MR) is 79.5 cm³/mol. The summed E-state index contributed by atoms with van der Waals surface area (Å²) in [5.41, 5.74) is -0.776. The maximum Gasteiger partial charge on any atom is 0.492 e. The van der Waals surface area contributed by atoms with Crippen LogP contribution in [0.2, 0.25) is 6.04 Å². The summed E-state index contributed by atoms with van der Waals surface area (Å²) in [7, 11) is -3.96. The van der Waals surface area contributed by atoms with E-state index in [0.717, 1.165) is 19.3 Å². The van der Waals surface area contributed by atoms with Crippen LogP contribution in [0.25, 0.3) is 0 Å². The fourth-order valence-corrected chi connectivity index (χ4v) is 3.14. The molecule has 0 radical (unpaired) electrons. The van der Waals surface area contributed by atoms with Gasteiger partial charge in [-0.2, -0.15) is 0 Å². The van der Waals surface area contributed by atoms with Crippen molar-refractivity contribution < 1.29 is 36.3 Å². The Hall–Kier alpha value is -1.03. The third-order valence-electron chi connectivity index (χ3n) is 3.74. The molecule has 138 valence electrons. The van der Waals surface area contributed by atoms with Gasteiger partial charge in [0.15, 0.2) is 23.3 Å². The number of benzene rings is 1. The predicted octanol–water partition coefficient (Wildman–Crippen LogP) is 3.57. The van der Waals surface area contributed by atoms with Crippen LogP contribution in [0.4, 0.5) is 22.0 Å². The molecule has 1 rings (SSSR count). The van der Waals surface area contributed by atoms with E-state index in [1.54, 1.807) is 0 Å². The van der Waals surface area contributed by atoms with Crippen molar-refractivity contribution in [3.8, 4) is 0 Å². The van der Waals surface area contributed by atoms with Crippen LogP contribution in [-0.4, -0.2) is 23.2 Å². The first-order valence-electron chi connectivity index (χ1n) is 7.82. The van der Waals surface area contributed by atoms with E-state index in [-0.39, 0.29) is 12.5 Å². The lowest BCUT2D eigenvalue weighted by molar-refractivity contribution is 0.226. The minimum absolute atomic E-state index is 0.00670. The Morgan fingerprint density at radius 1 is 0.542 bits per heavy atom. The van der Waals surface area contributed by atoms with Crippen LogP contribution in [0.15, 0.2) is 0 Å². The summed E-state index contributed by atoms with van der Waals surface area (Å²) < 4.78 is 65.8. The van der Waals surface area contributed by atoms with Gasteiger partial charge in [-0.25, -0.2) is 22.0 Å². The van der Waals surface area contributed by atoms with Crippen molar-refractivity contribution in [3.63, 3.8) is 0 Å². The highest BCUT2D eigenvalue weighted by molar-refractivity contribution is 6.56. The molecule has 0 atom stereocenters. The van der Waals surface area contributed by atoms with Gasteiger partial charge in [-0.05, 0) is 19.3 Å². The lowest BCUT2D eigenvalue weighted by Gasteiger charge is -2.09. The van der Waals surface area contributed by atoms with Gasteiger partial charge in [0.2, 0.25) is 5.82 Å². The van der Waals surface area contributed by atoms with Gasteiger partial charge in [-0.15, -0.1) is 0 Å². The standard InChI is InChI=1S/C15H21F5O3Si/c16-11-10(12(17)14(19)15(20)13(11)18)8-6-4-2-1-3-5-7-9-24(21,22)23/h21-23H,1-9H2. The molecule has 0 heterocycles. The lowest BCUT2D eigenvalue weighted by Crippen LogP contribution is -2.33. The summed E-state index contributed by atoms with van der Waals surface area (Å²) in [6, 6.07) is -0.00670. The van der Waals surface area contributed by atoms with Gasteiger partial charge in [0, 0.05) is 11.6 Å². The molecule has 0 aliphatic rings. The van der Waals surface area contributed by atoms with Gasteiger partial charge < -0.3 is 14.4 Å². The Balaban J connectivity index is 2.27. The van der Waals surface area contributed by atoms with Crippen LogP contribution in [0, 0.1) is 29.1 Å². The van der Waals surface area contributed by atoms with Crippen molar-refractivity contribution in [1.82, 2.24) is 0 Å². The highest BCUT2D eigenvalue weighted by Crippen LogP contribution is 2.24. The van der Waals surface area contributed by atoms with Crippen LogP contribution in [0.5, 0.6) is 0 Å². The first-order valence-corrected chi connectivity index (χ1v) is 9.87. The minimum Gasteiger partial charge on any atom is -0.390 e. The maximum atomic E-state index is 13.4. The molecule has 3 nitrogen and oxygen atoms in total. The average molecular weight is 372 g/mol. The van der Waals surface area contributed by atoms with Crippen molar-refractivity contribution in [2.24, 2.45) is 0 Å². The Morgan fingerprint density at radius 2 is 0.917 bits per heavy atom. The molecular formula is C15H21F5O3Si. The zero-order chi connectivity index (χ0) is 18.3. The van der Waals surface area contributed by atoms with E-state index in [1.165, 1.54) is 0 Å². The molecule has 0 fully saturated rings. The van der Waals surface area contributed by atoms with Crippen molar-refractivity contribution in [1.29, 1.82) is 0 Å². The second-order valence-electron chi connectivity index (χ2n) is 5.80. The van der Waals surface area contributed by atoms with Crippen LogP contribution in [0.3, 0.4) is 0 Å². The fourth-order valence-electron chi connectivity index (χ4n) is 2.42. The molecule has 0 aliphatic heterocycles. The zero-order valence-electron chi connectivity index (χ0n) is 13.1. The first-order chi connectivity index (χ1) is 11.1. The molecule has 0 amide bonds. The quantitative estimate of drug-likeness (QED) is 0.193. The van der Waals surface area contributed by atoms with Gasteiger partial charge in [-0.3, -0.25) is 0 Å². The van der Waals surface area contributed by atoms with Crippen LogP contribution in [0.1, 0.15) is 50.5 Å². The third-order valence-corrected chi connectivity index (χ3v) is 4.76. The Labute approximate surface area is 138 Å². The summed E-state index contributed by atoms with van der Waals surface area (Å²) in [6.07, 6.45) is 4.21. The number of hydrogen-bond donors (Lipinski definition) is 3. The molecule has 0 saturated heterocycles. The van der Waals surface area contributed by atoms with E-state index < -0.39 is 43.5 Å². The normalized spacial score (nSPS) is 12.0. The first kappa shape index (κ1) is 21.0. The van der Waals surface area contributed by atoms with E-state index in [9.17, 15) is 22.0 Å². The average Bonchev–Trinajstić information content (AvgIpc) is 2.51. The van der Waals surface area contributed by atoms with E-state index >= 15 is 0 Å². The highest BCUT2D eigenvalue weighted by atomic mass is 28.4. The topological polar surface area (TPSA) is 60.7 Å². The second-order valence-corrected chi connectivity index (χ2v) is 7.85. The number of unbranched alkanes of at least 4 members (excludes halogenated alkanes) is 6. The van der Waals surface area contributed by atoms with E-state index in [2.05, 4.69) is 0 Å². The van der Waals surface area contributed by atoms with Crippen molar-refractivity contribution >= 4 is 8.80 Å². The molecule has 1 aromatic rings. The molecule has 0 bridgehead atoms. The maximum absolute atomic E-state index is 13.4. The molecule has 1 aromatic carbocycles. The Kier molecular flexibility index (Phi) is 8.27. The Bertz CT molecular complexity index is 520. The molecule has 0 unspecified atom stereocenters. The summed E-state index contributed by atoms with van der Waals surface area (Å²) >= 11 is 0. The lowest BCUT2D eigenvalue weighted by atomic mass is 10.0. The van der Waals surface area contributed by atoms with E-state index in [1.807, 2.05) is 0 Å². The van der Waals surface area contributed by atoms with Crippen molar-refractivity contribution in [3.05, 3.63) is 34.6 Å². The van der Waals surface area contributed by atoms with Gasteiger partial charge in [0.1, 0.15) is 0 Å². The molecule has 0 spiro atoms. The minimum atomic E-state index is -3.96. The van der Waals surface area contributed by atoms with Gasteiger partial charge in [0.05, 0.1) is 0 Å². The van der Waals surface area contributed by atoms with E-state index in [0.29, 0.717) is 25.7 Å². The summed E-state index contributed by atoms with van der Waals surface area (Å²) in [5, 5.41) is 0. The molecule has 24 heavy (non-hydrogen) atoms. The fraction of sp³-hybridized carbons (Fsp3) is 0.600. The summed E-state index contributed by atoms with van der Waals surface area (Å²) in [6.45, 7) is 0. The number of rotatable bonds is 10. The zero-order valence-corrected chi connectivity index (χ0v) is 14.1. The smallest absolute Gasteiger partial charge is 0.390 e. The van der Waals surface area contributed by atoms with E-state index in [4.69, 9.17) is 14.4 Å². The molecule has 0 aromatic heterocycles.